The Morgan fingerprint density at radius 1 is 1.31 bits per heavy atom. The molecule has 0 spiro atoms. The molecule has 0 radical (unpaired) electrons. The van der Waals surface area contributed by atoms with E-state index in [0.29, 0.717) is 13.1 Å². The third-order valence-electron chi connectivity index (χ3n) is 2.61. The standard InChI is InChI=1S/C12H16N4/c1-8-2-3-10(14)9-4-6-15-12(11(8)9)16-7-5-13/h2-4,6H,5,7,13-14H2,1H3,(H,15,16). The minimum Gasteiger partial charge on any atom is -0.398 e. The van der Waals surface area contributed by atoms with E-state index < -0.39 is 0 Å². The van der Waals surface area contributed by atoms with Crippen molar-refractivity contribution in [3.63, 3.8) is 0 Å². The molecule has 0 atom stereocenters. The lowest BCUT2D eigenvalue weighted by Crippen LogP contribution is -2.14. The van der Waals surface area contributed by atoms with Crippen molar-refractivity contribution in [2.24, 2.45) is 5.73 Å². The second-order valence-corrected chi connectivity index (χ2v) is 3.77. The minimum atomic E-state index is 0.583. The highest BCUT2D eigenvalue weighted by atomic mass is 15.0. The zero-order chi connectivity index (χ0) is 11.5. The van der Waals surface area contributed by atoms with Gasteiger partial charge in [0, 0.05) is 35.7 Å². The molecule has 16 heavy (non-hydrogen) atoms. The average molecular weight is 216 g/mol. The van der Waals surface area contributed by atoms with E-state index in [2.05, 4.69) is 17.2 Å². The molecule has 0 fully saturated rings. The maximum absolute atomic E-state index is 5.94. The van der Waals surface area contributed by atoms with Gasteiger partial charge >= 0.3 is 0 Å². The number of rotatable bonds is 3. The van der Waals surface area contributed by atoms with Gasteiger partial charge in [0.25, 0.3) is 0 Å². The first-order chi connectivity index (χ1) is 7.74. The van der Waals surface area contributed by atoms with Crippen molar-refractivity contribution >= 4 is 22.3 Å². The molecule has 0 aliphatic carbocycles. The molecule has 4 nitrogen and oxygen atoms in total. The van der Waals surface area contributed by atoms with Gasteiger partial charge in [-0.15, -0.1) is 0 Å². The lowest BCUT2D eigenvalue weighted by atomic mass is 10.1. The number of nitrogens with two attached hydrogens (primary N) is 2. The van der Waals surface area contributed by atoms with Crippen LogP contribution in [0.15, 0.2) is 24.4 Å². The fraction of sp³-hybridized carbons (Fsp3) is 0.250. The highest BCUT2D eigenvalue weighted by molar-refractivity contribution is 6.01. The predicted octanol–water partition coefficient (Wildman–Crippen LogP) is 1.50. The average Bonchev–Trinajstić information content (AvgIpc) is 2.31. The van der Waals surface area contributed by atoms with Gasteiger partial charge in [0.05, 0.1) is 0 Å². The molecule has 1 aromatic carbocycles. The zero-order valence-corrected chi connectivity index (χ0v) is 9.33. The van der Waals surface area contributed by atoms with Crippen molar-refractivity contribution in [1.29, 1.82) is 0 Å². The van der Waals surface area contributed by atoms with Crippen LogP contribution in [0.2, 0.25) is 0 Å². The van der Waals surface area contributed by atoms with Crippen LogP contribution in [0, 0.1) is 6.92 Å². The fourth-order valence-corrected chi connectivity index (χ4v) is 1.81. The van der Waals surface area contributed by atoms with Gasteiger partial charge in [-0.25, -0.2) is 4.98 Å². The first-order valence-electron chi connectivity index (χ1n) is 5.31. The van der Waals surface area contributed by atoms with Crippen LogP contribution in [0.3, 0.4) is 0 Å². The maximum Gasteiger partial charge on any atom is 0.134 e. The number of hydrogen-bond donors (Lipinski definition) is 3. The van der Waals surface area contributed by atoms with E-state index in [1.807, 2.05) is 18.2 Å². The molecule has 0 unspecified atom stereocenters. The molecule has 0 aliphatic heterocycles. The summed E-state index contributed by atoms with van der Waals surface area (Å²) in [4.78, 5) is 4.32. The Balaban J connectivity index is 2.61. The first kappa shape index (κ1) is 10.7. The van der Waals surface area contributed by atoms with Crippen LogP contribution in [0.4, 0.5) is 11.5 Å². The van der Waals surface area contributed by atoms with Crippen molar-refractivity contribution in [1.82, 2.24) is 4.98 Å². The van der Waals surface area contributed by atoms with E-state index in [0.717, 1.165) is 27.8 Å². The normalized spacial score (nSPS) is 10.6. The Bertz CT molecular complexity index is 508. The van der Waals surface area contributed by atoms with Crippen LogP contribution < -0.4 is 16.8 Å². The third kappa shape index (κ3) is 1.79. The lowest BCUT2D eigenvalue weighted by molar-refractivity contribution is 1.01. The Morgan fingerprint density at radius 3 is 2.88 bits per heavy atom. The van der Waals surface area contributed by atoms with Crippen LogP contribution in [0.5, 0.6) is 0 Å². The van der Waals surface area contributed by atoms with E-state index in [1.165, 1.54) is 0 Å². The monoisotopic (exact) mass is 216 g/mol. The van der Waals surface area contributed by atoms with Gasteiger partial charge in [-0.05, 0) is 24.6 Å². The lowest BCUT2D eigenvalue weighted by Gasteiger charge is -2.11. The molecule has 0 bridgehead atoms. The molecular formula is C12H16N4. The molecule has 0 saturated heterocycles. The molecule has 5 N–H and O–H groups in total. The quantitative estimate of drug-likeness (QED) is 0.679. The second kappa shape index (κ2) is 4.37. The highest BCUT2D eigenvalue weighted by Crippen LogP contribution is 2.28. The summed E-state index contributed by atoms with van der Waals surface area (Å²) in [5.41, 5.74) is 13.4. The van der Waals surface area contributed by atoms with Gasteiger partial charge in [0.1, 0.15) is 5.82 Å². The summed E-state index contributed by atoms with van der Waals surface area (Å²) in [5, 5.41) is 5.33. The third-order valence-corrected chi connectivity index (χ3v) is 2.61. The number of hydrogen-bond acceptors (Lipinski definition) is 4. The van der Waals surface area contributed by atoms with Gasteiger partial charge in [0.2, 0.25) is 0 Å². The molecule has 1 heterocycles. The number of pyridine rings is 1. The van der Waals surface area contributed by atoms with Gasteiger partial charge in [-0.3, -0.25) is 0 Å². The van der Waals surface area contributed by atoms with Gasteiger partial charge in [0.15, 0.2) is 0 Å². The van der Waals surface area contributed by atoms with Crippen LogP contribution in [0.25, 0.3) is 10.8 Å². The summed E-state index contributed by atoms with van der Waals surface area (Å²) in [6.45, 7) is 3.34. The van der Waals surface area contributed by atoms with Crippen molar-refractivity contribution in [3.05, 3.63) is 30.0 Å². The van der Waals surface area contributed by atoms with Gasteiger partial charge in [-0.1, -0.05) is 6.07 Å². The molecule has 2 aromatic rings. The van der Waals surface area contributed by atoms with Crippen LogP contribution in [0.1, 0.15) is 5.56 Å². The fourth-order valence-electron chi connectivity index (χ4n) is 1.81. The van der Waals surface area contributed by atoms with E-state index in [9.17, 15) is 0 Å². The van der Waals surface area contributed by atoms with Crippen molar-refractivity contribution in [2.45, 2.75) is 6.92 Å². The number of fused-ring (bicyclic) bond motifs is 1. The molecule has 84 valence electrons. The van der Waals surface area contributed by atoms with E-state index in [1.54, 1.807) is 6.20 Å². The van der Waals surface area contributed by atoms with Crippen LogP contribution in [-0.4, -0.2) is 18.1 Å². The molecule has 2 rings (SSSR count). The number of nitrogens with zero attached hydrogens (tertiary/aromatic N) is 1. The topological polar surface area (TPSA) is 77.0 Å². The summed E-state index contributed by atoms with van der Waals surface area (Å²) >= 11 is 0. The highest BCUT2D eigenvalue weighted by Gasteiger charge is 2.06. The number of aromatic nitrogens is 1. The van der Waals surface area contributed by atoms with E-state index >= 15 is 0 Å². The van der Waals surface area contributed by atoms with Gasteiger partial charge in [-0.2, -0.15) is 0 Å². The zero-order valence-electron chi connectivity index (χ0n) is 9.33. The number of nitrogens with one attached hydrogen (secondary N) is 1. The number of aryl methyl sites for hydroxylation is 1. The number of anilines is 2. The van der Waals surface area contributed by atoms with Crippen LogP contribution >= 0.6 is 0 Å². The van der Waals surface area contributed by atoms with Crippen molar-refractivity contribution in [2.75, 3.05) is 24.1 Å². The first-order valence-corrected chi connectivity index (χ1v) is 5.31. The van der Waals surface area contributed by atoms with E-state index in [4.69, 9.17) is 11.5 Å². The van der Waals surface area contributed by atoms with Crippen molar-refractivity contribution < 1.29 is 0 Å². The Morgan fingerprint density at radius 2 is 2.12 bits per heavy atom. The summed E-state index contributed by atoms with van der Waals surface area (Å²) in [6.07, 6.45) is 1.76. The Kier molecular flexibility index (Phi) is 2.92. The van der Waals surface area contributed by atoms with E-state index in [-0.39, 0.29) is 0 Å². The maximum atomic E-state index is 5.94. The predicted molar refractivity (Wildman–Crippen MR) is 68.4 cm³/mol. The number of nitrogen functional groups attached to an aromatic ring is 1. The summed E-state index contributed by atoms with van der Waals surface area (Å²) < 4.78 is 0. The number of benzene rings is 1. The summed E-state index contributed by atoms with van der Waals surface area (Å²) in [5.74, 6) is 0.854. The van der Waals surface area contributed by atoms with Gasteiger partial charge < -0.3 is 16.8 Å². The van der Waals surface area contributed by atoms with Crippen LogP contribution in [-0.2, 0) is 0 Å². The second-order valence-electron chi connectivity index (χ2n) is 3.77. The SMILES string of the molecule is Cc1ccc(N)c2ccnc(NCCN)c12. The molecule has 4 heteroatoms. The summed E-state index contributed by atoms with van der Waals surface area (Å²) in [7, 11) is 0. The smallest absolute Gasteiger partial charge is 0.134 e. The largest absolute Gasteiger partial charge is 0.398 e. The molecule has 0 amide bonds. The molecule has 0 saturated carbocycles. The minimum absolute atomic E-state index is 0.583. The molecule has 1 aromatic heterocycles. The summed E-state index contributed by atoms with van der Waals surface area (Å²) in [6, 6.07) is 5.86. The van der Waals surface area contributed by atoms with Crippen molar-refractivity contribution in [3.8, 4) is 0 Å². The molecular weight excluding hydrogens is 200 g/mol. The molecule has 0 aliphatic rings. The Labute approximate surface area is 94.7 Å². The Hall–Kier alpha value is -1.81.